The lowest BCUT2D eigenvalue weighted by Crippen LogP contribution is -2.21. The highest BCUT2D eigenvalue weighted by Crippen LogP contribution is 2.35. The van der Waals surface area contributed by atoms with Gasteiger partial charge in [-0.3, -0.25) is 0 Å². The molecule has 0 amide bonds. The molecule has 0 N–H and O–H groups in total. The third-order valence-corrected chi connectivity index (χ3v) is 5.07. The SMILES string of the molecule is C/C=C/c1cc(C)c(N2[C]N(c3c(C)cc(/C=C/C)cc3C)CC2)c(C)c1. The van der Waals surface area contributed by atoms with E-state index >= 15 is 0 Å². The highest BCUT2D eigenvalue weighted by atomic mass is 15.4. The lowest BCUT2D eigenvalue weighted by molar-refractivity contribution is 1.01. The summed E-state index contributed by atoms with van der Waals surface area (Å²) in [6.45, 7) is 18.4. The number of nitrogens with zero attached hydrogens (tertiary/aromatic N) is 2. The van der Waals surface area contributed by atoms with Gasteiger partial charge in [0.05, 0.1) is 0 Å². The van der Waals surface area contributed by atoms with Crippen LogP contribution in [-0.2, 0) is 0 Å². The molecule has 140 valence electrons. The highest BCUT2D eigenvalue weighted by molar-refractivity contribution is 5.71. The monoisotopic (exact) mass is 358 g/mol. The predicted octanol–water partition coefficient (Wildman–Crippen LogP) is 6.31. The minimum absolute atomic E-state index is 0.958. The van der Waals surface area contributed by atoms with Crippen molar-refractivity contribution < 1.29 is 0 Å². The van der Waals surface area contributed by atoms with Crippen molar-refractivity contribution in [3.63, 3.8) is 0 Å². The van der Waals surface area contributed by atoms with Gasteiger partial charge in [-0.05, 0) is 99.2 Å². The van der Waals surface area contributed by atoms with Crippen LogP contribution in [0, 0.1) is 34.4 Å². The van der Waals surface area contributed by atoms with Crippen molar-refractivity contribution in [2.75, 3.05) is 22.9 Å². The Morgan fingerprint density at radius 3 is 1.30 bits per heavy atom. The van der Waals surface area contributed by atoms with Gasteiger partial charge in [-0.1, -0.05) is 24.3 Å². The van der Waals surface area contributed by atoms with Crippen LogP contribution in [-0.4, -0.2) is 13.1 Å². The van der Waals surface area contributed by atoms with Gasteiger partial charge < -0.3 is 9.80 Å². The van der Waals surface area contributed by atoms with E-state index in [2.05, 4.69) is 107 Å². The maximum atomic E-state index is 3.62. The summed E-state index contributed by atoms with van der Waals surface area (Å²) < 4.78 is 0. The average Bonchev–Trinajstić information content (AvgIpc) is 3.03. The van der Waals surface area contributed by atoms with E-state index in [4.69, 9.17) is 0 Å². The molecule has 27 heavy (non-hydrogen) atoms. The minimum atomic E-state index is 0.958. The van der Waals surface area contributed by atoms with Gasteiger partial charge in [0.25, 0.3) is 0 Å². The Balaban J connectivity index is 1.88. The molecule has 0 unspecified atom stereocenters. The van der Waals surface area contributed by atoms with E-state index in [1.165, 1.54) is 44.8 Å². The molecule has 3 rings (SSSR count). The van der Waals surface area contributed by atoms with Crippen LogP contribution in [0.4, 0.5) is 11.4 Å². The van der Waals surface area contributed by atoms with Gasteiger partial charge in [0, 0.05) is 24.5 Å². The molecule has 2 nitrogen and oxygen atoms in total. The second-order valence-corrected chi connectivity index (χ2v) is 7.41. The molecule has 2 heteroatoms. The topological polar surface area (TPSA) is 6.48 Å². The first-order valence-electron chi connectivity index (χ1n) is 9.74. The fraction of sp³-hybridized carbons (Fsp3) is 0.320. The molecule has 0 spiro atoms. The van der Waals surface area contributed by atoms with Crippen LogP contribution in [0.25, 0.3) is 12.2 Å². The molecule has 1 aliphatic heterocycles. The zero-order valence-corrected chi connectivity index (χ0v) is 17.4. The molecule has 1 heterocycles. The molecule has 0 aromatic heterocycles. The van der Waals surface area contributed by atoms with Gasteiger partial charge in [0.1, 0.15) is 0 Å². The Morgan fingerprint density at radius 2 is 1.00 bits per heavy atom. The first kappa shape index (κ1) is 19.3. The Bertz CT molecular complexity index is 770. The van der Waals surface area contributed by atoms with Crippen LogP contribution in [0.1, 0.15) is 47.2 Å². The van der Waals surface area contributed by atoms with Crippen molar-refractivity contribution in [1.82, 2.24) is 0 Å². The van der Waals surface area contributed by atoms with Gasteiger partial charge in [-0.15, -0.1) is 0 Å². The van der Waals surface area contributed by atoms with E-state index in [0.29, 0.717) is 0 Å². The summed E-state index contributed by atoms with van der Waals surface area (Å²) in [5.74, 6) is 0. The van der Waals surface area contributed by atoms with Crippen molar-refractivity contribution in [1.29, 1.82) is 0 Å². The first-order valence-corrected chi connectivity index (χ1v) is 9.74. The van der Waals surface area contributed by atoms with Crippen LogP contribution < -0.4 is 9.80 Å². The van der Waals surface area contributed by atoms with Crippen molar-refractivity contribution >= 4 is 23.5 Å². The van der Waals surface area contributed by atoms with Crippen molar-refractivity contribution in [3.05, 3.63) is 76.5 Å². The molecule has 2 aromatic carbocycles. The van der Waals surface area contributed by atoms with E-state index < -0.39 is 0 Å². The summed E-state index contributed by atoms with van der Waals surface area (Å²) in [6.07, 6.45) is 8.50. The molecule has 1 saturated heterocycles. The zero-order valence-electron chi connectivity index (χ0n) is 17.4. The Kier molecular flexibility index (Phi) is 5.74. The number of rotatable bonds is 4. The summed E-state index contributed by atoms with van der Waals surface area (Å²) in [5, 5.41) is 0. The average molecular weight is 359 g/mol. The summed E-state index contributed by atoms with van der Waals surface area (Å²) in [7, 11) is 0. The molecular weight excluding hydrogens is 328 g/mol. The summed E-state index contributed by atoms with van der Waals surface area (Å²) >= 11 is 0. The predicted molar refractivity (Wildman–Crippen MR) is 119 cm³/mol. The fourth-order valence-corrected chi connectivity index (χ4v) is 4.18. The molecule has 0 atom stereocenters. The number of hydrogen-bond donors (Lipinski definition) is 0. The van der Waals surface area contributed by atoms with Gasteiger partial charge in [-0.25, -0.2) is 0 Å². The van der Waals surface area contributed by atoms with Crippen molar-refractivity contribution in [2.24, 2.45) is 0 Å². The molecule has 2 radical (unpaired) electrons. The second kappa shape index (κ2) is 8.04. The third kappa shape index (κ3) is 3.95. The van der Waals surface area contributed by atoms with Crippen LogP contribution in [0.5, 0.6) is 0 Å². The smallest absolute Gasteiger partial charge is 0.208 e. The Labute approximate surface area is 164 Å². The number of benzene rings is 2. The maximum absolute atomic E-state index is 3.62. The minimum Gasteiger partial charge on any atom is -0.339 e. The molecule has 0 saturated carbocycles. The lowest BCUT2D eigenvalue weighted by atomic mass is 10.0. The van der Waals surface area contributed by atoms with Crippen LogP contribution in [0.2, 0.25) is 0 Å². The van der Waals surface area contributed by atoms with Gasteiger partial charge >= 0.3 is 0 Å². The maximum Gasteiger partial charge on any atom is 0.208 e. The molecular formula is C25H30N2. The van der Waals surface area contributed by atoms with E-state index in [0.717, 1.165) is 13.1 Å². The van der Waals surface area contributed by atoms with Crippen molar-refractivity contribution in [2.45, 2.75) is 41.5 Å². The molecule has 0 aliphatic carbocycles. The van der Waals surface area contributed by atoms with E-state index in [1.54, 1.807) is 0 Å². The van der Waals surface area contributed by atoms with E-state index in [9.17, 15) is 0 Å². The zero-order chi connectivity index (χ0) is 19.6. The fourth-order valence-electron chi connectivity index (χ4n) is 4.18. The normalized spacial score (nSPS) is 14.9. The summed E-state index contributed by atoms with van der Waals surface area (Å²) in [6, 6.07) is 9.04. The molecule has 0 bridgehead atoms. The van der Waals surface area contributed by atoms with Gasteiger partial charge in [0.2, 0.25) is 6.67 Å². The quantitative estimate of drug-likeness (QED) is 0.632. The number of anilines is 2. The lowest BCUT2D eigenvalue weighted by Gasteiger charge is -2.25. The van der Waals surface area contributed by atoms with E-state index in [1.807, 2.05) is 0 Å². The molecule has 2 aromatic rings. The molecule has 1 aliphatic rings. The van der Waals surface area contributed by atoms with Crippen molar-refractivity contribution in [3.8, 4) is 0 Å². The first-order chi connectivity index (χ1) is 12.9. The third-order valence-electron chi connectivity index (χ3n) is 5.07. The summed E-state index contributed by atoms with van der Waals surface area (Å²) in [5.41, 5.74) is 10.3. The van der Waals surface area contributed by atoms with Crippen LogP contribution in [0.15, 0.2) is 36.4 Å². The van der Waals surface area contributed by atoms with Crippen LogP contribution >= 0.6 is 0 Å². The van der Waals surface area contributed by atoms with Crippen LogP contribution in [0.3, 0.4) is 0 Å². The van der Waals surface area contributed by atoms with Gasteiger partial charge in [-0.2, -0.15) is 0 Å². The Morgan fingerprint density at radius 1 is 0.667 bits per heavy atom. The number of allylic oxidation sites excluding steroid dienone is 2. The summed E-state index contributed by atoms with van der Waals surface area (Å²) in [4.78, 5) is 4.56. The van der Waals surface area contributed by atoms with E-state index in [-0.39, 0.29) is 0 Å². The number of aryl methyl sites for hydroxylation is 4. The second-order valence-electron chi connectivity index (χ2n) is 7.41. The highest BCUT2D eigenvalue weighted by Gasteiger charge is 2.27. The molecule has 1 fully saturated rings. The van der Waals surface area contributed by atoms with Gasteiger partial charge in [0.15, 0.2) is 0 Å². The Hall–Kier alpha value is -2.48. The standard InChI is InChI=1S/C25H30N2/c1-7-9-22-13-18(3)24(19(4)14-22)26-11-12-27(17-26)25-20(5)15-23(10-8-2)16-21(25)6/h7-10,13-16H,11-12H2,1-6H3/b9-7+,10-8+. The largest absolute Gasteiger partial charge is 0.339 e. The number of hydrogen-bond acceptors (Lipinski definition) is 2.